The second kappa shape index (κ2) is 6.16. The Hall–Kier alpha value is -0.390. The summed E-state index contributed by atoms with van der Waals surface area (Å²) in [5.41, 5.74) is 1.30. The van der Waals surface area contributed by atoms with E-state index in [1.807, 2.05) is 11.4 Å². The summed E-state index contributed by atoms with van der Waals surface area (Å²) in [6, 6.07) is 8.48. The Bertz CT molecular complexity index is 734. The van der Waals surface area contributed by atoms with Crippen LogP contribution in [-0.2, 0) is 0 Å². The number of fused-ring (bicyclic) bond motifs is 1. The Kier molecular flexibility index (Phi) is 4.48. The van der Waals surface area contributed by atoms with Crippen molar-refractivity contribution >= 4 is 60.3 Å². The average Bonchev–Trinajstić information content (AvgIpc) is 3.04. The Morgan fingerprint density at radius 3 is 2.85 bits per heavy atom. The Morgan fingerprint density at radius 2 is 2.15 bits per heavy atom. The van der Waals surface area contributed by atoms with Crippen LogP contribution in [0.4, 0.5) is 0 Å². The lowest BCUT2D eigenvalue weighted by Gasteiger charge is -2.17. The van der Waals surface area contributed by atoms with E-state index >= 15 is 0 Å². The van der Waals surface area contributed by atoms with Gasteiger partial charge in [0.1, 0.15) is 0 Å². The van der Waals surface area contributed by atoms with E-state index in [0.29, 0.717) is 0 Å². The number of halogens is 2. The van der Waals surface area contributed by atoms with Crippen LogP contribution in [-0.4, -0.2) is 6.54 Å². The molecule has 0 saturated carbocycles. The quantitative estimate of drug-likeness (QED) is 0.573. The highest BCUT2D eigenvalue weighted by atomic mass is 79.9. The standard InChI is InChI=1S/C15H13BrClNS2/c1-2-18-13(15-12(17)6-7-19-15)10-8-20-14-9(10)4-3-5-11(14)16/h3-8,13,18H,2H2,1H3. The van der Waals surface area contributed by atoms with E-state index in [-0.39, 0.29) is 6.04 Å². The first-order chi connectivity index (χ1) is 9.72. The lowest BCUT2D eigenvalue weighted by Crippen LogP contribution is -2.21. The fourth-order valence-electron chi connectivity index (χ4n) is 2.32. The zero-order valence-electron chi connectivity index (χ0n) is 10.8. The maximum Gasteiger partial charge on any atom is 0.0700 e. The van der Waals surface area contributed by atoms with Gasteiger partial charge >= 0.3 is 0 Å². The van der Waals surface area contributed by atoms with Crippen molar-refractivity contribution < 1.29 is 0 Å². The van der Waals surface area contributed by atoms with E-state index in [1.165, 1.54) is 20.5 Å². The third-order valence-electron chi connectivity index (χ3n) is 3.21. The first-order valence-electron chi connectivity index (χ1n) is 6.34. The van der Waals surface area contributed by atoms with Crippen molar-refractivity contribution in [3.8, 4) is 0 Å². The summed E-state index contributed by atoms with van der Waals surface area (Å²) >= 11 is 13.4. The van der Waals surface area contributed by atoms with Gasteiger partial charge in [-0.05, 0) is 56.3 Å². The molecule has 1 aromatic carbocycles. The molecule has 3 aromatic rings. The predicted molar refractivity (Wildman–Crippen MR) is 94.4 cm³/mol. The minimum absolute atomic E-state index is 0.163. The topological polar surface area (TPSA) is 12.0 Å². The van der Waals surface area contributed by atoms with Gasteiger partial charge in [-0.15, -0.1) is 22.7 Å². The summed E-state index contributed by atoms with van der Waals surface area (Å²) in [6.07, 6.45) is 0. The lowest BCUT2D eigenvalue weighted by atomic mass is 10.0. The van der Waals surface area contributed by atoms with Gasteiger partial charge in [0.15, 0.2) is 0 Å². The van der Waals surface area contributed by atoms with E-state index in [1.54, 1.807) is 22.7 Å². The van der Waals surface area contributed by atoms with Gasteiger partial charge in [-0.2, -0.15) is 0 Å². The van der Waals surface area contributed by atoms with Crippen LogP contribution < -0.4 is 5.32 Å². The van der Waals surface area contributed by atoms with Crippen molar-refractivity contribution in [2.75, 3.05) is 6.54 Å². The molecule has 0 fully saturated rings. The first-order valence-corrected chi connectivity index (χ1v) is 9.27. The molecular formula is C15H13BrClNS2. The van der Waals surface area contributed by atoms with Crippen molar-refractivity contribution in [1.29, 1.82) is 0 Å². The zero-order chi connectivity index (χ0) is 14.1. The molecule has 2 heterocycles. The van der Waals surface area contributed by atoms with Crippen LogP contribution in [0.1, 0.15) is 23.4 Å². The molecular weight excluding hydrogens is 374 g/mol. The highest BCUT2D eigenvalue weighted by molar-refractivity contribution is 9.10. The smallest absolute Gasteiger partial charge is 0.0700 e. The van der Waals surface area contributed by atoms with E-state index in [4.69, 9.17) is 11.6 Å². The number of hydrogen-bond acceptors (Lipinski definition) is 3. The number of rotatable bonds is 4. The highest BCUT2D eigenvalue weighted by Gasteiger charge is 2.21. The molecule has 104 valence electrons. The molecule has 0 spiro atoms. The molecule has 0 saturated heterocycles. The van der Waals surface area contributed by atoms with E-state index in [2.05, 4.69) is 51.7 Å². The summed E-state index contributed by atoms with van der Waals surface area (Å²) in [7, 11) is 0. The monoisotopic (exact) mass is 385 g/mol. The number of thiophene rings is 2. The van der Waals surface area contributed by atoms with E-state index in [9.17, 15) is 0 Å². The summed E-state index contributed by atoms with van der Waals surface area (Å²) in [6.45, 7) is 3.03. The molecule has 0 bridgehead atoms. The van der Waals surface area contributed by atoms with Gasteiger partial charge in [0.25, 0.3) is 0 Å². The number of nitrogens with one attached hydrogen (secondary N) is 1. The molecule has 0 amide bonds. The van der Waals surface area contributed by atoms with Crippen LogP contribution in [0.2, 0.25) is 5.02 Å². The van der Waals surface area contributed by atoms with Gasteiger partial charge in [-0.1, -0.05) is 30.7 Å². The fourth-order valence-corrected chi connectivity index (χ4v) is 5.23. The van der Waals surface area contributed by atoms with Crippen LogP contribution in [0.3, 0.4) is 0 Å². The van der Waals surface area contributed by atoms with Crippen LogP contribution in [0, 0.1) is 0 Å². The van der Waals surface area contributed by atoms with Crippen molar-refractivity contribution in [2.24, 2.45) is 0 Å². The maximum atomic E-state index is 6.33. The van der Waals surface area contributed by atoms with E-state index < -0.39 is 0 Å². The number of benzene rings is 1. The van der Waals surface area contributed by atoms with Crippen LogP contribution in [0.5, 0.6) is 0 Å². The van der Waals surface area contributed by atoms with Gasteiger partial charge < -0.3 is 5.32 Å². The van der Waals surface area contributed by atoms with Gasteiger partial charge in [0, 0.05) is 14.0 Å². The fraction of sp³-hybridized carbons (Fsp3) is 0.200. The van der Waals surface area contributed by atoms with Crippen molar-refractivity contribution in [1.82, 2.24) is 5.32 Å². The molecule has 1 nitrogen and oxygen atoms in total. The SMILES string of the molecule is CCNC(c1sccc1Cl)c1csc2c(Br)cccc12. The maximum absolute atomic E-state index is 6.33. The van der Waals surface area contributed by atoms with Crippen molar-refractivity contribution in [3.63, 3.8) is 0 Å². The molecule has 1 atom stereocenters. The molecule has 0 aliphatic heterocycles. The Balaban J connectivity index is 2.15. The predicted octanol–water partition coefficient (Wildman–Crippen LogP) is 6.08. The van der Waals surface area contributed by atoms with Gasteiger partial charge in [0.05, 0.1) is 11.1 Å². The Labute approximate surface area is 139 Å². The van der Waals surface area contributed by atoms with Gasteiger partial charge in [-0.3, -0.25) is 0 Å². The summed E-state index contributed by atoms with van der Waals surface area (Å²) in [5.74, 6) is 0. The molecule has 20 heavy (non-hydrogen) atoms. The minimum Gasteiger partial charge on any atom is -0.306 e. The molecule has 3 rings (SSSR count). The molecule has 0 aliphatic rings. The summed E-state index contributed by atoms with van der Waals surface area (Å²) in [4.78, 5) is 1.19. The summed E-state index contributed by atoms with van der Waals surface area (Å²) in [5, 5.41) is 9.97. The van der Waals surface area contributed by atoms with E-state index in [0.717, 1.165) is 16.0 Å². The molecule has 0 aliphatic carbocycles. The number of hydrogen-bond donors (Lipinski definition) is 1. The van der Waals surface area contributed by atoms with Crippen molar-refractivity contribution in [3.05, 3.63) is 55.0 Å². The molecule has 1 unspecified atom stereocenters. The van der Waals surface area contributed by atoms with Crippen molar-refractivity contribution in [2.45, 2.75) is 13.0 Å². The normalized spacial score (nSPS) is 12.9. The third kappa shape index (κ3) is 2.55. The van der Waals surface area contributed by atoms with Crippen LogP contribution >= 0.6 is 50.2 Å². The third-order valence-corrected chi connectivity index (χ3v) is 6.60. The zero-order valence-corrected chi connectivity index (χ0v) is 14.8. The van der Waals surface area contributed by atoms with Gasteiger partial charge in [0.2, 0.25) is 0 Å². The molecule has 0 radical (unpaired) electrons. The molecule has 5 heteroatoms. The average molecular weight is 387 g/mol. The Morgan fingerprint density at radius 1 is 1.30 bits per heavy atom. The summed E-state index contributed by atoms with van der Waals surface area (Å²) < 4.78 is 2.44. The van der Waals surface area contributed by atoms with Crippen LogP contribution in [0.15, 0.2) is 39.5 Å². The van der Waals surface area contributed by atoms with Crippen LogP contribution in [0.25, 0.3) is 10.1 Å². The van der Waals surface area contributed by atoms with Gasteiger partial charge in [-0.25, -0.2) is 0 Å². The second-order valence-electron chi connectivity index (χ2n) is 4.43. The largest absolute Gasteiger partial charge is 0.306 e. The lowest BCUT2D eigenvalue weighted by molar-refractivity contribution is 0.645. The first kappa shape index (κ1) is 14.5. The second-order valence-corrected chi connectivity index (χ2v) is 7.52. The molecule has 1 N–H and O–H groups in total. The molecule has 2 aromatic heterocycles. The minimum atomic E-state index is 0.163. The highest BCUT2D eigenvalue weighted by Crippen LogP contribution is 2.40.